The number of ether oxygens (including phenoxy) is 1. The van der Waals surface area contributed by atoms with Crippen LogP contribution in [-0.4, -0.2) is 40.8 Å². The molecule has 0 aromatic heterocycles. The predicted molar refractivity (Wildman–Crippen MR) is 76.5 cm³/mol. The average Bonchev–Trinajstić information content (AvgIpc) is 2.72. The molecule has 0 aliphatic carbocycles. The lowest BCUT2D eigenvalue weighted by molar-refractivity contribution is -0.148. The average molecular weight is 283 g/mol. The van der Waals surface area contributed by atoms with Crippen LogP contribution in [0.25, 0.3) is 0 Å². The first-order chi connectivity index (χ1) is 9.09. The number of carboxylic acids is 1. The summed E-state index contributed by atoms with van der Waals surface area (Å²) in [5, 5.41) is 9.52. The van der Waals surface area contributed by atoms with E-state index in [9.17, 15) is 14.7 Å². The highest BCUT2D eigenvalue weighted by Gasteiger charge is 2.47. The van der Waals surface area contributed by atoms with Gasteiger partial charge in [-0.3, -0.25) is 4.79 Å². The Kier molecular flexibility index (Phi) is 4.84. The summed E-state index contributed by atoms with van der Waals surface area (Å²) >= 11 is 0. The van der Waals surface area contributed by atoms with E-state index in [0.29, 0.717) is 19.4 Å². The molecular formula is C15H25NO4. The molecular weight excluding hydrogens is 258 g/mol. The molecule has 0 spiro atoms. The third kappa shape index (κ3) is 3.99. The zero-order chi connectivity index (χ0) is 15.6. The monoisotopic (exact) mass is 283 g/mol. The van der Waals surface area contributed by atoms with Crippen LogP contribution < -0.4 is 0 Å². The Morgan fingerprint density at radius 1 is 1.40 bits per heavy atom. The van der Waals surface area contributed by atoms with Crippen LogP contribution in [0.4, 0.5) is 4.79 Å². The van der Waals surface area contributed by atoms with Crippen LogP contribution in [0.3, 0.4) is 0 Å². The van der Waals surface area contributed by atoms with Crippen molar-refractivity contribution >= 4 is 12.1 Å². The number of carboxylic acid groups (broad SMARTS) is 1. The van der Waals surface area contributed by atoms with Gasteiger partial charge in [-0.1, -0.05) is 19.1 Å². The molecule has 20 heavy (non-hydrogen) atoms. The van der Waals surface area contributed by atoms with Crippen molar-refractivity contribution in [1.82, 2.24) is 4.90 Å². The minimum atomic E-state index is -0.913. The Balaban J connectivity index is 2.78. The zero-order valence-corrected chi connectivity index (χ0v) is 12.9. The molecule has 0 saturated carbocycles. The number of nitrogens with zero attached hydrogens (tertiary/aromatic N) is 1. The van der Waals surface area contributed by atoms with Crippen molar-refractivity contribution in [1.29, 1.82) is 0 Å². The molecule has 1 aliphatic heterocycles. The molecule has 1 aliphatic rings. The van der Waals surface area contributed by atoms with Crippen LogP contribution in [0, 0.1) is 5.41 Å². The number of hydrogen-bond acceptors (Lipinski definition) is 3. The van der Waals surface area contributed by atoms with Crippen molar-refractivity contribution in [3.63, 3.8) is 0 Å². The van der Waals surface area contributed by atoms with Crippen LogP contribution in [0.2, 0.25) is 0 Å². The summed E-state index contributed by atoms with van der Waals surface area (Å²) in [6, 6.07) is 0. The maximum absolute atomic E-state index is 12.0. The Hall–Kier alpha value is -1.52. The first-order valence-electron chi connectivity index (χ1n) is 6.97. The van der Waals surface area contributed by atoms with E-state index in [1.54, 1.807) is 20.8 Å². The summed E-state index contributed by atoms with van der Waals surface area (Å²) in [5.41, 5.74) is -0.582. The van der Waals surface area contributed by atoms with Crippen LogP contribution >= 0.6 is 0 Å². The summed E-state index contributed by atoms with van der Waals surface area (Å²) in [6.07, 6.45) is 1.17. The second-order valence-electron chi connectivity index (χ2n) is 6.52. The quantitative estimate of drug-likeness (QED) is 0.805. The SMILES string of the molecule is C=C(CC)CC1(C(=O)O)CCN(C(=O)OC(C)(C)C)C1. The third-order valence-electron chi connectivity index (χ3n) is 3.55. The first-order valence-corrected chi connectivity index (χ1v) is 6.97. The highest BCUT2D eigenvalue weighted by molar-refractivity contribution is 5.78. The minimum Gasteiger partial charge on any atom is -0.481 e. The van der Waals surface area contributed by atoms with Gasteiger partial charge in [0.05, 0.1) is 5.41 Å². The van der Waals surface area contributed by atoms with Crippen LogP contribution in [-0.2, 0) is 9.53 Å². The molecule has 0 aromatic rings. The van der Waals surface area contributed by atoms with Crippen molar-refractivity contribution in [2.45, 2.75) is 52.6 Å². The van der Waals surface area contributed by atoms with Crippen molar-refractivity contribution in [3.8, 4) is 0 Å². The minimum absolute atomic E-state index is 0.191. The van der Waals surface area contributed by atoms with E-state index in [2.05, 4.69) is 6.58 Å². The van der Waals surface area contributed by atoms with Crippen LogP contribution in [0.1, 0.15) is 47.0 Å². The molecule has 114 valence electrons. The van der Waals surface area contributed by atoms with E-state index in [4.69, 9.17) is 4.74 Å². The Morgan fingerprint density at radius 2 is 2.00 bits per heavy atom. The topological polar surface area (TPSA) is 66.8 Å². The van der Waals surface area contributed by atoms with E-state index in [-0.39, 0.29) is 6.54 Å². The molecule has 1 N–H and O–H groups in total. The standard InChI is InChI=1S/C15H25NO4/c1-6-11(2)9-15(12(17)18)7-8-16(10-15)13(19)20-14(3,4)5/h2,6-10H2,1,3-5H3,(H,17,18). The first kappa shape index (κ1) is 16.5. The van der Waals surface area contributed by atoms with Gasteiger partial charge in [-0.25, -0.2) is 4.79 Å². The molecule has 5 nitrogen and oxygen atoms in total. The van der Waals surface area contributed by atoms with Crippen molar-refractivity contribution in [3.05, 3.63) is 12.2 Å². The van der Waals surface area contributed by atoms with Gasteiger partial charge >= 0.3 is 12.1 Å². The second kappa shape index (κ2) is 5.85. The lowest BCUT2D eigenvalue weighted by atomic mass is 9.80. The summed E-state index contributed by atoms with van der Waals surface area (Å²) in [6.45, 7) is 11.8. The molecule has 5 heteroatoms. The number of carbonyl (C=O) groups is 2. The number of amides is 1. The number of carbonyl (C=O) groups excluding carboxylic acids is 1. The van der Waals surface area contributed by atoms with Gasteiger partial charge < -0.3 is 14.7 Å². The lowest BCUT2D eigenvalue weighted by Gasteiger charge is -2.27. The Morgan fingerprint density at radius 3 is 2.45 bits per heavy atom. The van der Waals surface area contributed by atoms with Crippen molar-refractivity contribution < 1.29 is 19.4 Å². The molecule has 1 amide bonds. The normalized spacial score (nSPS) is 22.7. The van der Waals surface area contributed by atoms with Crippen LogP contribution in [0.15, 0.2) is 12.2 Å². The van der Waals surface area contributed by atoms with Crippen molar-refractivity contribution in [2.24, 2.45) is 5.41 Å². The molecule has 1 saturated heterocycles. The number of aliphatic carboxylic acids is 1. The van der Waals surface area contributed by atoms with Gasteiger partial charge in [-0.15, -0.1) is 0 Å². The summed E-state index contributed by atoms with van der Waals surface area (Å²) < 4.78 is 5.30. The van der Waals surface area contributed by atoms with Gasteiger partial charge in [0, 0.05) is 13.1 Å². The van der Waals surface area contributed by atoms with Gasteiger partial charge in [-0.05, 0) is 40.0 Å². The molecule has 1 heterocycles. The van der Waals surface area contributed by atoms with E-state index < -0.39 is 23.1 Å². The van der Waals surface area contributed by atoms with E-state index in [1.165, 1.54) is 4.90 Å². The fourth-order valence-corrected chi connectivity index (χ4v) is 2.35. The zero-order valence-electron chi connectivity index (χ0n) is 12.9. The highest BCUT2D eigenvalue weighted by Crippen LogP contribution is 2.37. The van der Waals surface area contributed by atoms with Gasteiger partial charge in [0.15, 0.2) is 0 Å². The fraction of sp³-hybridized carbons (Fsp3) is 0.733. The third-order valence-corrected chi connectivity index (χ3v) is 3.55. The second-order valence-corrected chi connectivity index (χ2v) is 6.52. The number of hydrogen-bond donors (Lipinski definition) is 1. The number of allylic oxidation sites excluding steroid dienone is 1. The molecule has 1 fully saturated rings. The van der Waals surface area contributed by atoms with Crippen molar-refractivity contribution in [2.75, 3.05) is 13.1 Å². The summed E-state index contributed by atoms with van der Waals surface area (Å²) in [5.74, 6) is -0.863. The van der Waals surface area contributed by atoms with Gasteiger partial charge in [0.1, 0.15) is 5.60 Å². The van der Waals surface area contributed by atoms with Crippen LogP contribution in [0.5, 0.6) is 0 Å². The highest BCUT2D eigenvalue weighted by atomic mass is 16.6. The molecule has 0 aromatic carbocycles. The Labute approximate surface area is 120 Å². The smallest absolute Gasteiger partial charge is 0.410 e. The van der Waals surface area contributed by atoms with Gasteiger partial charge in [-0.2, -0.15) is 0 Å². The molecule has 1 unspecified atom stereocenters. The maximum Gasteiger partial charge on any atom is 0.410 e. The maximum atomic E-state index is 12.0. The summed E-state index contributed by atoms with van der Waals surface area (Å²) in [7, 11) is 0. The van der Waals surface area contributed by atoms with E-state index >= 15 is 0 Å². The number of rotatable bonds is 4. The molecule has 1 rings (SSSR count). The van der Waals surface area contributed by atoms with E-state index in [1.807, 2.05) is 6.92 Å². The van der Waals surface area contributed by atoms with E-state index in [0.717, 1.165) is 12.0 Å². The largest absolute Gasteiger partial charge is 0.481 e. The molecule has 1 atom stereocenters. The fourth-order valence-electron chi connectivity index (χ4n) is 2.35. The molecule has 0 bridgehead atoms. The number of likely N-dealkylation sites (tertiary alicyclic amines) is 1. The lowest BCUT2D eigenvalue weighted by Crippen LogP contribution is -2.39. The van der Waals surface area contributed by atoms with Gasteiger partial charge in [0.2, 0.25) is 0 Å². The molecule has 0 radical (unpaired) electrons. The summed E-state index contributed by atoms with van der Waals surface area (Å²) in [4.78, 5) is 25.1. The Bertz CT molecular complexity index is 411. The van der Waals surface area contributed by atoms with Gasteiger partial charge in [0.25, 0.3) is 0 Å². The predicted octanol–water partition coefficient (Wildman–Crippen LogP) is 3.05.